The summed E-state index contributed by atoms with van der Waals surface area (Å²) in [6, 6.07) is 9.98. The molecule has 0 saturated heterocycles. The van der Waals surface area contributed by atoms with Crippen molar-refractivity contribution < 1.29 is 9.57 Å². The van der Waals surface area contributed by atoms with Crippen molar-refractivity contribution in [1.29, 1.82) is 0 Å². The van der Waals surface area contributed by atoms with Gasteiger partial charge in [0.15, 0.2) is 0 Å². The second-order valence-electron chi connectivity index (χ2n) is 2.85. The molecule has 0 radical (unpaired) electrons. The number of rotatable bonds is 3. The van der Waals surface area contributed by atoms with Gasteiger partial charge in [0.1, 0.15) is 12.9 Å². The first kappa shape index (κ1) is 8.69. The highest BCUT2D eigenvalue weighted by Crippen LogP contribution is 2.05. The fourth-order valence-electron chi connectivity index (χ4n) is 1.10. The molecule has 1 aromatic carbocycles. The smallest absolute Gasteiger partial charge is 0.220 e. The molecule has 0 bridgehead atoms. The molecule has 1 aromatic rings. The maximum atomic E-state index is 5.44. The van der Waals surface area contributed by atoms with Crippen LogP contribution in [0, 0.1) is 0 Å². The van der Waals surface area contributed by atoms with Gasteiger partial charge in [0.2, 0.25) is 5.88 Å². The van der Waals surface area contributed by atoms with Crippen molar-refractivity contribution in [1.82, 2.24) is 5.48 Å². The normalized spacial score (nSPS) is 13.9. The number of ether oxygens (including phenoxy) is 1. The van der Waals surface area contributed by atoms with Gasteiger partial charge in [-0.25, -0.2) is 0 Å². The molecular weight excluding hydrogens is 178 g/mol. The summed E-state index contributed by atoms with van der Waals surface area (Å²) in [5, 5.41) is 0. The summed E-state index contributed by atoms with van der Waals surface area (Å²) in [4.78, 5) is 4.85. The van der Waals surface area contributed by atoms with Crippen molar-refractivity contribution >= 4 is 0 Å². The van der Waals surface area contributed by atoms with Crippen molar-refractivity contribution in [3.63, 3.8) is 0 Å². The van der Waals surface area contributed by atoms with Gasteiger partial charge in [-0.05, 0) is 11.6 Å². The second kappa shape index (κ2) is 4.37. The first-order valence-electron chi connectivity index (χ1n) is 4.40. The van der Waals surface area contributed by atoms with E-state index < -0.39 is 0 Å². The lowest BCUT2D eigenvalue weighted by Crippen LogP contribution is -2.15. The van der Waals surface area contributed by atoms with Crippen LogP contribution in [0.4, 0.5) is 0 Å². The highest BCUT2D eigenvalue weighted by Gasteiger charge is 1.99. The van der Waals surface area contributed by atoms with Crippen LogP contribution in [0.25, 0.3) is 0 Å². The number of allylic oxidation sites excluding steroid dienone is 2. The third kappa shape index (κ3) is 2.29. The SMILES string of the molecule is C1=CONC(OCc2ccccc2)=C1. The third-order valence-electron chi connectivity index (χ3n) is 1.79. The Kier molecular flexibility index (Phi) is 2.71. The Bertz CT molecular complexity index is 344. The van der Waals surface area contributed by atoms with Crippen LogP contribution in [-0.2, 0) is 16.2 Å². The van der Waals surface area contributed by atoms with Gasteiger partial charge in [-0.1, -0.05) is 30.3 Å². The lowest BCUT2D eigenvalue weighted by atomic mass is 10.2. The van der Waals surface area contributed by atoms with Gasteiger partial charge in [0.05, 0.1) is 0 Å². The van der Waals surface area contributed by atoms with Gasteiger partial charge >= 0.3 is 0 Å². The summed E-state index contributed by atoms with van der Waals surface area (Å²) in [6.45, 7) is 0.539. The van der Waals surface area contributed by atoms with E-state index in [9.17, 15) is 0 Å². The molecular formula is C11H11NO2. The largest absolute Gasteiger partial charge is 0.472 e. The average molecular weight is 189 g/mol. The summed E-state index contributed by atoms with van der Waals surface area (Å²) < 4.78 is 5.44. The predicted octanol–water partition coefficient (Wildman–Crippen LogP) is 2.09. The van der Waals surface area contributed by atoms with E-state index in [0.717, 1.165) is 5.56 Å². The van der Waals surface area contributed by atoms with Gasteiger partial charge in [-0.15, -0.1) is 0 Å². The van der Waals surface area contributed by atoms with Crippen molar-refractivity contribution in [2.24, 2.45) is 0 Å². The summed E-state index contributed by atoms with van der Waals surface area (Å²) in [6.07, 6.45) is 5.14. The summed E-state index contributed by atoms with van der Waals surface area (Å²) in [7, 11) is 0. The van der Waals surface area contributed by atoms with Crippen LogP contribution < -0.4 is 5.48 Å². The molecule has 0 spiro atoms. The van der Waals surface area contributed by atoms with Crippen LogP contribution in [-0.4, -0.2) is 0 Å². The molecule has 3 nitrogen and oxygen atoms in total. The Hall–Kier alpha value is -1.90. The van der Waals surface area contributed by atoms with Crippen LogP contribution in [0.3, 0.4) is 0 Å². The van der Waals surface area contributed by atoms with Crippen molar-refractivity contribution in [2.45, 2.75) is 6.61 Å². The molecule has 1 aliphatic rings. The zero-order valence-electron chi connectivity index (χ0n) is 7.64. The molecule has 14 heavy (non-hydrogen) atoms. The molecule has 1 N–H and O–H groups in total. The van der Waals surface area contributed by atoms with E-state index in [1.54, 1.807) is 12.3 Å². The molecule has 0 atom stereocenters. The lowest BCUT2D eigenvalue weighted by Gasteiger charge is -2.13. The second-order valence-corrected chi connectivity index (χ2v) is 2.85. The molecule has 72 valence electrons. The van der Waals surface area contributed by atoms with Gasteiger partial charge in [0, 0.05) is 6.08 Å². The third-order valence-corrected chi connectivity index (χ3v) is 1.79. The van der Waals surface area contributed by atoms with Crippen LogP contribution in [0.2, 0.25) is 0 Å². The maximum Gasteiger partial charge on any atom is 0.220 e. The fraction of sp³-hybridized carbons (Fsp3) is 0.0909. The van der Waals surface area contributed by atoms with E-state index >= 15 is 0 Å². The maximum absolute atomic E-state index is 5.44. The standard InChI is InChI=1S/C11H11NO2/c1-2-5-10(6-3-1)9-13-11-7-4-8-14-12-11/h1-8,12H,9H2. The number of nitrogens with one attached hydrogen (secondary N) is 1. The molecule has 2 rings (SSSR count). The Morgan fingerprint density at radius 3 is 2.79 bits per heavy atom. The van der Waals surface area contributed by atoms with Crippen molar-refractivity contribution in [2.75, 3.05) is 0 Å². The van der Waals surface area contributed by atoms with Gasteiger partial charge in [0.25, 0.3) is 0 Å². The van der Waals surface area contributed by atoms with E-state index in [-0.39, 0.29) is 0 Å². The number of hydroxylamine groups is 1. The first-order chi connectivity index (χ1) is 6.95. The molecule has 1 heterocycles. The van der Waals surface area contributed by atoms with E-state index in [1.165, 1.54) is 0 Å². The Morgan fingerprint density at radius 2 is 2.07 bits per heavy atom. The number of hydrogen-bond acceptors (Lipinski definition) is 3. The molecule has 0 aliphatic carbocycles. The Balaban J connectivity index is 1.88. The zero-order chi connectivity index (χ0) is 9.64. The number of benzene rings is 1. The minimum atomic E-state index is 0.539. The lowest BCUT2D eigenvalue weighted by molar-refractivity contribution is 0.0641. The first-order valence-corrected chi connectivity index (χ1v) is 4.40. The highest BCUT2D eigenvalue weighted by atomic mass is 16.7. The Morgan fingerprint density at radius 1 is 1.21 bits per heavy atom. The van der Waals surface area contributed by atoms with E-state index in [0.29, 0.717) is 12.5 Å². The van der Waals surface area contributed by atoms with E-state index in [1.807, 2.05) is 36.4 Å². The zero-order valence-corrected chi connectivity index (χ0v) is 7.64. The van der Waals surface area contributed by atoms with Crippen LogP contribution in [0.15, 0.2) is 54.6 Å². The van der Waals surface area contributed by atoms with Crippen molar-refractivity contribution in [3.8, 4) is 0 Å². The van der Waals surface area contributed by atoms with E-state index in [4.69, 9.17) is 9.57 Å². The van der Waals surface area contributed by atoms with Crippen molar-refractivity contribution in [3.05, 3.63) is 60.2 Å². The Labute approximate surface area is 82.6 Å². The molecule has 0 amide bonds. The summed E-state index contributed by atoms with van der Waals surface area (Å²) in [5.74, 6) is 0.622. The minimum Gasteiger partial charge on any atom is -0.472 e. The van der Waals surface area contributed by atoms with Crippen LogP contribution in [0.1, 0.15) is 5.56 Å². The summed E-state index contributed by atoms with van der Waals surface area (Å²) in [5.41, 5.74) is 3.77. The quantitative estimate of drug-likeness (QED) is 0.789. The number of hydrogen-bond donors (Lipinski definition) is 1. The average Bonchev–Trinajstić information content (AvgIpc) is 2.29. The monoisotopic (exact) mass is 189 g/mol. The fourth-order valence-corrected chi connectivity index (χ4v) is 1.10. The molecule has 3 heteroatoms. The van der Waals surface area contributed by atoms with Crippen LogP contribution >= 0.6 is 0 Å². The van der Waals surface area contributed by atoms with E-state index in [2.05, 4.69) is 5.48 Å². The molecule has 0 aromatic heterocycles. The topological polar surface area (TPSA) is 30.5 Å². The molecule has 0 unspecified atom stereocenters. The van der Waals surface area contributed by atoms with Gasteiger partial charge in [-0.2, -0.15) is 5.48 Å². The highest BCUT2D eigenvalue weighted by molar-refractivity contribution is 5.14. The van der Waals surface area contributed by atoms with Crippen LogP contribution in [0.5, 0.6) is 0 Å². The minimum absolute atomic E-state index is 0.539. The van der Waals surface area contributed by atoms with Gasteiger partial charge < -0.3 is 9.57 Å². The summed E-state index contributed by atoms with van der Waals surface area (Å²) >= 11 is 0. The predicted molar refractivity (Wildman–Crippen MR) is 52.7 cm³/mol. The molecule has 0 saturated carbocycles. The van der Waals surface area contributed by atoms with Gasteiger partial charge in [-0.3, -0.25) is 0 Å². The molecule has 1 aliphatic heterocycles. The molecule has 0 fully saturated rings.